The average Bonchev–Trinajstić information content (AvgIpc) is 2.77. The number of aryl methyl sites for hydroxylation is 2. The molecule has 4 nitrogen and oxygen atoms in total. The summed E-state index contributed by atoms with van der Waals surface area (Å²) in [7, 11) is 3.98. The summed E-state index contributed by atoms with van der Waals surface area (Å²) < 4.78 is 5.54. The molecule has 0 spiro atoms. The first kappa shape index (κ1) is 18.5. The van der Waals surface area contributed by atoms with E-state index < -0.39 is 0 Å². The van der Waals surface area contributed by atoms with Crippen molar-refractivity contribution in [3.63, 3.8) is 0 Å². The number of benzene rings is 1. The summed E-state index contributed by atoms with van der Waals surface area (Å²) in [6.07, 6.45) is 0. The topological polar surface area (TPSA) is 40.8 Å². The van der Waals surface area contributed by atoms with Gasteiger partial charge in [-0.1, -0.05) is 30.3 Å². The van der Waals surface area contributed by atoms with E-state index in [1.165, 1.54) is 11.1 Å². The van der Waals surface area contributed by atoms with Gasteiger partial charge in [0.1, 0.15) is 11.5 Å². The summed E-state index contributed by atoms with van der Waals surface area (Å²) in [5.41, 5.74) is 2.37. The lowest BCUT2D eigenvalue weighted by Crippen LogP contribution is -2.36. The Morgan fingerprint density at radius 1 is 1.18 bits per heavy atom. The van der Waals surface area contributed by atoms with Crippen molar-refractivity contribution in [2.75, 3.05) is 14.1 Å². The summed E-state index contributed by atoms with van der Waals surface area (Å²) in [5.74, 6) is 2.77. The SMILES string of the molecule is Cc1cc(CNC(=NCc2ccccc2)N(C)C)c(C)o1.I. The lowest BCUT2D eigenvalue weighted by atomic mass is 10.2. The van der Waals surface area contributed by atoms with Crippen molar-refractivity contribution < 1.29 is 4.42 Å². The molecule has 1 N–H and O–H groups in total. The molecule has 0 amide bonds. The highest BCUT2D eigenvalue weighted by molar-refractivity contribution is 14.0. The van der Waals surface area contributed by atoms with Gasteiger partial charge in [0.15, 0.2) is 5.96 Å². The number of hydrogen-bond acceptors (Lipinski definition) is 2. The van der Waals surface area contributed by atoms with Crippen LogP contribution in [0.3, 0.4) is 0 Å². The summed E-state index contributed by atoms with van der Waals surface area (Å²) >= 11 is 0. The third-order valence-corrected chi connectivity index (χ3v) is 3.26. The van der Waals surface area contributed by atoms with E-state index in [-0.39, 0.29) is 24.0 Å². The second-order valence-electron chi connectivity index (χ2n) is 5.31. The minimum absolute atomic E-state index is 0. The van der Waals surface area contributed by atoms with Crippen LogP contribution in [0.2, 0.25) is 0 Å². The minimum Gasteiger partial charge on any atom is -0.466 e. The minimum atomic E-state index is 0. The predicted octanol–water partition coefficient (Wildman–Crippen LogP) is 3.72. The predicted molar refractivity (Wildman–Crippen MR) is 102 cm³/mol. The monoisotopic (exact) mass is 413 g/mol. The first-order valence-corrected chi connectivity index (χ1v) is 7.11. The Morgan fingerprint density at radius 2 is 1.86 bits per heavy atom. The molecule has 1 heterocycles. The molecule has 22 heavy (non-hydrogen) atoms. The fourth-order valence-corrected chi connectivity index (χ4v) is 2.14. The zero-order valence-corrected chi connectivity index (χ0v) is 15.9. The maximum Gasteiger partial charge on any atom is 0.194 e. The van der Waals surface area contributed by atoms with Crippen LogP contribution in [-0.2, 0) is 13.1 Å². The lowest BCUT2D eigenvalue weighted by Gasteiger charge is -2.17. The average molecular weight is 413 g/mol. The fourth-order valence-electron chi connectivity index (χ4n) is 2.14. The molecule has 0 fully saturated rings. The van der Waals surface area contributed by atoms with Gasteiger partial charge in [-0.2, -0.15) is 0 Å². The van der Waals surface area contributed by atoms with Crippen molar-refractivity contribution in [1.29, 1.82) is 0 Å². The van der Waals surface area contributed by atoms with Crippen LogP contribution in [0.4, 0.5) is 0 Å². The highest BCUT2D eigenvalue weighted by Crippen LogP contribution is 2.13. The molecule has 0 atom stereocenters. The van der Waals surface area contributed by atoms with E-state index in [1.807, 2.05) is 51.0 Å². The fraction of sp³-hybridized carbons (Fsp3) is 0.353. The maximum atomic E-state index is 5.54. The largest absolute Gasteiger partial charge is 0.466 e. The van der Waals surface area contributed by atoms with E-state index in [0.717, 1.165) is 24.0 Å². The van der Waals surface area contributed by atoms with Crippen LogP contribution in [0.5, 0.6) is 0 Å². The van der Waals surface area contributed by atoms with Crippen LogP contribution < -0.4 is 5.32 Å². The van der Waals surface area contributed by atoms with Gasteiger partial charge < -0.3 is 14.6 Å². The third kappa shape index (κ3) is 5.36. The third-order valence-electron chi connectivity index (χ3n) is 3.26. The summed E-state index contributed by atoms with van der Waals surface area (Å²) in [6, 6.07) is 12.3. The highest BCUT2D eigenvalue weighted by atomic mass is 127. The molecule has 1 aromatic heterocycles. The van der Waals surface area contributed by atoms with Gasteiger partial charge in [0.25, 0.3) is 0 Å². The van der Waals surface area contributed by atoms with Crippen LogP contribution in [-0.4, -0.2) is 25.0 Å². The van der Waals surface area contributed by atoms with Crippen molar-refractivity contribution in [3.05, 3.63) is 59.0 Å². The van der Waals surface area contributed by atoms with Crippen LogP contribution in [0, 0.1) is 13.8 Å². The Bertz CT molecular complexity index is 606. The van der Waals surface area contributed by atoms with E-state index >= 15 is 0 Å². The number of guanidine groups is 1. The molecule has 0 radical (unpaired) electrons. The maximum absolute atomic E-state index is 5.54. The number of furan rings is 1. The quantitative estimate of drug-likeness (QED) is 0.472. The Morgan fingerprint density at radius 3 is 2.41 bits per heavy atom. The van der Waals surface area contributed by atoms with Crippen molar-refractivity contribution in [3.8, 4) is 0 Å². The molecule has 0 unspecified atom stereocenters. The molecule has 120 valence electrons. The number of hydrogen-bond donors (Lipinski definition) is 1. The van der Waals surface area contributed by atoms with Crippen LogP contribution in [0.25, 0.3) is 0 Å². The van der Waals surface area contributed by atoms with Gasteiger partial charge >= 0.3 is 0 Å². The summed E-state index contributed by atoms with van der Waals surface area (Å²) in [4.78, 5) is 6.64. The van der Waals surface area contributed by atoms with Gasteiger partial charge in [-0.15, -0.1) is 24.0 Å². The van der Waals surface area contributed by atoms with Gasteiger partial charge in [0, 0.05) is 26.2 Å². The molecule has 0 aliphatic rings. The zero-order chi connectivity index (χ0) is 15.2. The Hall–Kier alpha value is -1.50. The number of rotatable bonds is 4. The Labute approximate surface area is 149 Å². The lowest BCUT2D eigenvalue weighted by molar-refractivity contribution is 0.499. The molecule has 5 heteroatoms. The van der Waals surface area contributed by atoms with Gasteiger partial charge in [-0.25, -0.2) is 4.99 Å². The highest BCUT2D eigenvalue weighted by Gasteiger charge is 2.07. The van der Waals surface area contributed by atoms with Gasteiger partial charge in [0.2, 0.25) is 0 Å². The zero-order valence-electron chi connectivity index (χ0n) is 13.6. The van der Waals surface area contributed by atoms with E-state index in [4.69, 9.17) is 4.42 Å². The molecule has 0 aliphatic carbocycles. The Balaban J connectivity index is 0.00000242. The van der Waals surface area contributed by atoms with Crippen molar-refractivity contribution in [1.82, 2.24) is 10.2 Å². The van der Waals surface area contributed by atoms with E-state index in [1.54, 1.807) is 0 Å². The van der Waals surface area contributed by atoms with Crippen LogP contribution in [0.1, 0.15) is 22.6 Å². The second-order valence-corrected chi connectivity index (χ2v) is 5.31. The molecule has 2 aromatic rings. The standard InChI is InChI=1S/C17H23N3O.HI/c1-13-10-16(14(2)21-13)12-19-17(20(3)4)18-11-15-8-6-5-7-9-15;/h5-10H,11-12H2,1-4H3,(H,18,19);1H. The van der Waals surface area contributed by atoms with Gasteiger partial charge in [-0.05, 0) is 25.5 Å². The van der Waals surface area contributed by atoms with Crippen molar-refractivity contribution in [2.24, 2.45) is 4.99 Å². The molecule has 0 aliphatic heterocycles. The second kappa shape index (κ2) is 8.82. The number of aliphatic imine (C=N–C) groups is 1. The molecular weight excluding hydrogens is 389 g/mol. The molecule has 0 bridgehead atoms. The molecule has 1 aromatic carbocycles. The van der Waals surface area contributed by atoms with E-state index in [0.29, 0.717) is 6.54 Å². The van der Waals surface area contributed by atoms with Gasteiger partial charge in [-0.3, -0.25) is 0 Å². The summed E-state index contributed by atoms with van der Waals surface area (Å²) in [5, 5.41) is 3.38. The molecular formula is C17H24IN3O. The number of halogens is 1. The smallest absolute Gasteiger partial charge is 0.194 e. The first-order valence-electron chi connectivity index (χ1n) is 7.11. The molecule has 0 saturated heterocycles. The van der Waals surface area contributed by atoms with Crippen molar-refractivity contribution >= 4 is 29.9 Å². The Kier molecular flexibility index (Phi) is 7.44. The summed E-state index contributed by atoms with van der Waals surface area (Å²) in [6.45, 7) is 5.34. The first-order chi connectivity index (χ1) is 10.1. The van der Waals surface area contributed by atoms with Gasteiger partial charge in [0.05, 0.1) is 6.54 Å². The number of nitrogens with zero attached hydrogens (tertiary/aromatic N) is 2. The molecule has 2 rings (SSSR count). The number of nitrogens with one attached hydrogen (secondary N) is 1. The van der Waals surface area contributed by atoms with Crippen LogP contribution >= 0.6 is 24.0 Å². The van der Waals surface area contributed by atoms with E-state index in [2.05, 4.69) is 28.5 Å². The van der Waals surface area contributed by atoms with E-state index in [9.17, 15) is 0 Å². The van der Waals surface area contributed by atoms with Crippen molar-refractivity contribution in [2.45, 2.75) is 26.9 Å². The molecule has 0 saturated carbocycles. The normalized spacial score (nSPS) is 11.0. The van der Waals surface area contributed by atoms with Crippen LogP contribution in [0.15, 0.2) is 45.8 Å².